The molecule has 0 heterocycles. The highest BCUT2D eigenvalue weighted by molar-refractivity contribution is 5.09. The Hall–Kier alpha value is -0.590. The zero-order chi connectivity index (χ0) is 14.0. The van der Waals surface area contributed by atoms with E-state index in [-0.39, 0.29) is 11.6 Å². The van der Waals surface area contributed by atoms with Crippen LogP contribution >= 0.6 is 0 Å². The number of nitrogens with zero attached hydrogens (tertiary/aromatic N) is 1. The van der Waals surface area contributed by atoms with E-state index in [0.29, 0.717) is 0 Å². The number of hydrogen-bond acceptors (Lipinski definition) is 3. The van der Waals surface area contributed by atoms with E-state index < -0.39 is 0 Å². The van der Waals surface area contributed by atoms with Crippen molar-refractivity contribution in [2.75, 3.05) is 13.7 Å². The molecule has 1 rings (SSSR count). The summed E-state index contributed by atoms with van der Waals surface area (Å²) in [5.41, 5.74) is -0.343. The first-order chi connectivity index (χ1) is 9.26. The first-order valence-corrected chi connectivity index (χ1v) is 7.98. The standard InChI is InChI=1S/C16H30N2O/c1-3-4-5-6-7-8-12-19-15-10-9-11-16(13-15,14-17)18-2/h15,18H,3-13H2,1-2H3. The minimum absolute atomic E-state index is 0.275. The molecule has 0 radical (unpaired) electrons. The number of nitrogens with one attached hydrogen (secondary N) is 1. The summed E-state index contributed by atoms with van der Waals surface area (Å²) >= 11 is 0. The Morgan fingerprint density at radius 3 is 2.68 bits per heavy atom. The lowest BCUT2D eigenvalue weighted by atomic mass is 9.81. The lowest BCUT2D eigenvalue weighted by Crippen LogP contribution is -2.47. The lowest BCUT2D eigenvalue weighted by molar-refractivity contribution is 0.00848. The van der Waals surface area contributed by atoms with Gasteiger partial charge >= 0.3 is 0 Å². The summed E-state index contributed by atoms with van der Waals surface area (Å²) in [5.74, 6) is 0. The summed E-state index contributed by atoms with van der Waals surface area (Å²) in [4.78, 5) is 0. The maximum Gasteiger partial charge on any atom is 0.109 e. The molecule has 1 fully saturated rings. The third kappa shape index (κ3) is 5.93. The second-order valence-electron chi connectivity index (χ2n) is 5.80. The highest BCUT2D eigenvalue weighted by Gasteiger charge is 2.35. The topological polar surface area (TPSA) is 45.0 Å². The molecular weight excluding hydrogens is 236 g/mol. The van der Waals surface area contributed by atoms with Gasteiger partial charge in [0.1, 0.15) is 5.54 Å². The van der Waals surface area contributed by atoms with Gasteiger partial charge in [0.15, 0.2) is 0 Å². The number of hydrogen-bond donors (Lipinski definition) is 1. The Morgan fingerprint density at radius 1 is 1.26 bits per heavy atom. The largest absolute Gasteiger partial charge is 0.378 e. The van der Waals surface area contributed by atoms with Crippen molar-refractivity contribution in [3.05, 3.63) is 0 Å². The quantitative estimate of drug-likeness (QED) is 0.646. The number of rotatable bonds is 9. The molecule has 110 valence electrons. The van der Waals surface area contributed by atoms with Crippen LogP contribution in [0.5, 0.6) is 0 Å². The van der Waals surface area contributed by atoms with Crippen LogP contribution in [-0.4, -0.2) is 25.3 Å². The summed E-state index contributed by atoms with van der Waals surface area (Å²) in [6.07, 6.45) is 12.1. The lowest BCUT2D eigenvalue weighted by Gasteiger charge is -2.35. The van der Waals surface area contributed by atoms with Gasteiger partial charge in [-0.2, -0.15) is 5.26 Å². The summed E-state index contributed by atoms with van der Waals surface area (Å²) in [7, 11) is 1.89. The SMILES string of the molecule is CCCCCCCCOC1CCCC(C#N)(NC)C1. The molecule has 0 saturated heterocycles. The third-order valence-corrected chi connectivity index (χ3v) is 4.25. The molecule has 0 aromatic carbocycles. The van der Waals surface area contributed by atoms with Crippen molar-refractivity contribution in [2.45, 2.75) is 82.8 Å². The highest BCUT2D eigenvalue weighted by atomic mass is 16.5. The van der Waals surface area contributed by atoms with E-state index in [4.69, 9.17) is 4.74 Å². The van der Waals surface area contributed by atoms with Gasteiger partial charge in [0.25, 0.3) is 0 Å². The Bertz CT molecular complexity index is 274. The molecule has 1 aliphatic rings. The molecule has 19 heavy (non-hydrogen) atoms. The zero-order valence-electron chi connectivity index (χ0n) is 12.7. The van der Waals surface area contributed by atoms with Crippen LogP contribution in [0.15, 0.2) is 0 Å². The predicted molar refractivity (Wildman–Crippen MR) is 79.0 cm³/mol. The second-order valence-corrected chi connectivity index (χ2v) is 5.80. The van der Waals surface area contributed by atoms with Gasteiger partial charge in [-0.1, -0.05) is 39.0 Å². The molecule has 3 heteroatoms. The van der Waals surface area contributed by atoms with E-state index in [1.807, 2.05) is 7.05 Å². The smallest absolute Gasteiger partial charge is 0.109 e. The molecule has 1 aliphatic carbocycles. The van der Waals surface area contributed by atoms with E-state index in [2.05, 4.69) is 18.3 Å². The van der Waals surface area contributed by atoms with Gasteiger partial charge in [0.05, 0.1) is 12.2 Å². The molecule has 2 atom stereocenters. The molecule has 0 aromatic heterocycles. The van der Waals surface area contributed by atoms with Crippen LogP contribution < -0.4 is 5.32 Å². The summed E-state index contributed by atoms with van der Waals surface area (Å²) in [5, 5.41) is 12.5. The van der Waals surface area contributed by atoms with Crippen LogP contribution in [0.25, 0.3) is 0 Å². The average Bonchev–Trinajstić information content (AvgIpc) is 2.46. The fourth-order valence-electron chi connectivity index (χ4n) is 2.88. The van der Waals surface area contributed by atoms with E-state index >= 15 is 0 Å². The van der Waals surface area contributed by atoms with E-state index in [1.54, 1.807) is 0 Å². The third-order valence-electron chi connectivity index (χ3n) is 4.25. The normalized spacial score (nSPS) is 27.1. The Labute approximate surface area is 118 Å². The van der Waals surface area contributed by atoms with Gasteiger partial charge in [-0.3, -0.25) is 0 Å². The monoisotopic (exact) mass is 266 g/mol. The van der Waals surface area contributed by atoms with Crippen LogP contribution in [0.3, 0.4) is 0 Å². The maximum atomic E-state index is 9.28. The van der Waals surface area contributed by atoms with Crippen molar-refractivity contribution < 1.29 is 4.74 Å². The molecule has 0 aliphatic heterocycles. The van der Waals surface area contributed by atoms with Crippen LogP contribution in [0, 0.1) is 11.3 Å². The van der Waals surface area contributed by atoms with Crippen LogP contribution in [0.4, 0.5) is 0 Å². The van der Waals surface area contributed by atoms with Gasteiger partial charge in [-0.15, -0.1) is 0 Å². The summed E-state index contributed by atoms with van der Waals surface area (Å²) in [6, 6.07) is 2.43. The fourth-order valence-corrected chi connectivity index (χ4v) is 2.88. The molecular formula is C16H30N2O. The first kappa shape index (κ1) is 16.5. The average molecular weight is 266 g/mol. The van der Waals surface area contributed by atoms with Crippen molar-refractivity contribution in [3.8, 4) is 6.07 Å². The summed E-state index contributed by atoms with van der Waals surface area (Å²) < 4.78 is 5.96. The molecule has 0 bridgehead atoms. The molecule has 3 nitrogen and oxygen atoms in total. The minimum atomic E-state index is -0.343. The van der Waals surface area contributed by atoms with Crippen molar-refractivity contribution in [1.82, 2.24) is 5.32 Å². The van der Waals surface area contributed by atoms with Crippen LogP contribution in [-0.2, 0) is 4.74 Å². The molecule has 0 amide bonds. The van der Waals surface area contributed by atoms with Crippen molar-refractivity contribution in [1.29, 1.82) is 5.26 Å². The van der Waals surface area contributed by atoms with Crippen LogP contribution in [0.2, 0.25) is 0 Å². The highest BCUT2D eigenvalue weighted by Crippen LogP contribution is 2.29. The van der Waals surface area contributed by atoms with Gasteiger partial charge in [0.2, 0.25) is 0 Å². The second kappa shape index (κ2) is 9.34. The van der Waals surface area contributed by atoms with E-state index in [9.17, 15) is 5.26 Å². The van der Waals surface area contributed by atoms with Gasteiger partial charge < -0.3 is 10.1 Å². The zero-order valence-corrected chi connectivity index (χ0v) is 12.7. The van der Waals surface area contributed by atoms with Crippen molar-refractivity contribution in [3.63, 3.8) is 0 Å². The molecule has 0 spiro atoms. The van der Waals surface area contributed by atoms with Gasteiger partial charge in [-0.25, -0.2) is 0 Å². The minimum Gasteiger partial charge on any atom is -0.378 e. The van der Waals surface area contributed by atoms with E-state index in [1.165, 1.54) is 38.5 Å². The molecule has 0 aromatic rings. The Kier molecular flexibility index (Phi) is 8.09. The fraction of sp³-hybridized carbons (Fsp3) is 0.938. The number of unbranched alkanes of at least 4 members (excludes halogenated alkanes) is 5. The van der Waals surface area contributed by atoms with Gasteiger partial charge in [0, 0.05) is 13.0 Å². The first-order valence-electron chi connectivity index (χ1n) is 7.98. The maximum absolute atomic E-state index is 9.28. The van der Waals surface area contributed by atoms with E-state index in [0.717, 1.165) is 32.3 Å². The van der Waals surface area contributed by atoms with Crippen molar-refractivity contribution >= 4 is 0 Å². The van der Waals surface area contributed by atoms with Gasteiger partial charge in [-0.05, 0) is 32.7 Å². The Balaban J connectivity index is 2.11. The number of nitriles is 1. The molecule has 1 N–H and O–H groups in total. The van der Waals surface area contributed by atoms with Crippen LogP contribution in [0.1, 0.15) is 71.1 Å². The molecule has 1 saturated carbocycles. The van der Waals surface area contributed by atoms with Crippen molar-refractivity contribution in [2.24, 2.45) is 0 Å². The summed E-state index contributed by atoms with van der Waals surface area (Å²) in [6.45, 7) is 3.11. The predicted octanol–water partition coefficient (Wildman–Crippen LogP) is 3.79. The Morgan fingerprint density at radius 2 is 2.00 bits per heavy atom. The number of ether oxygens (including phenoxy) is 1. The molecule has 2 unspecified atom stereocenters.